The quantitative estimate of drug-likeness (QED) is 0.774. The van der Waals surface area contributed by atoms with Gasteiger partial charge in [0.1, 0.15) is 11.6 Å². The molecule has 2 aromatic rings. The Morgan fingerprint density at radius 1 is 1.06 bits per heavy atom. The second kappa shape index (κ2) is 5.00. The van der Waals surface area contributed by atoms with Gasteiger partial charge >= 0.3 is 0 Å². The number of ether oxygens (including phenoxy) is 1. The maximum Gasteiger partial charge on any atom is 0.193 e. The molecule has 0 N–H and O–H groups in total. The highest BCUT2D eigenvalue weighted by atomic mass is 19.1. The van der Waals surface area contributed by atoms with Crippen molar-refractivity contribution in [1.82, 2.24) is 0 Å². The SMILES string of the molecule is COc1ccc(C(=O)c2cc(C)cc(F)c2)cc1. The van der Waals surface area contributed by atoms with Crippen molar-refractivity contribution in [2.75, 3.05) is 7.11 Å². The van der Waals surface area contributed by atoms with Gasteiger partial charge in [0, 0.05) is 11.1 Å². The first-order valence-electron chi connectivity index (χ1n) is 5.56. The Balaban J connectivity index is 2.34. The Hall–Kier alpha value is -2.16. The number of benzene rings is 2. The van der Waals surface area contributed by atoms with Crippen LogP contribution in [0.1, 0.15) is 21.5 Å². The molecule has 2 aromatic carbocycles. The zero-order valence-electron chi connectivity index (χ0n) is 10.2. The summed E-state index contributed by atoms with van der Waals surface area (Å²) < 4.78 is 18.3. The highest BCUT2D eigenvalue weighted by Gasteiger charge is 2.10. The van der Waals surface area contributed by atoms with Crippen LogP contribution in [0.3, 0.4) is 0 Å². The van der Waals surface area contributed by atoms with Crippen LogP contribution in [0.5, 0.6) is 5.75 Å². The van der Waals surface area contributed by atoms with Gasteiger partial charge < -0.3 is 4.74 Å². The third-order valence-corrected chi connectivity index (χ3v) is 2.66. The summed E-state index contributed by atoms with van der Waals surface area (Å²) in [6.07, 6.45) is 0. The van der Waals surface area contributed by atoms with Crippen molar-refractivity contribution in [3.8, 4) is 5.75 Å². The predicted octanol–water partition coefficient (Wildman–Crippen LogP) is 3.37. The molecule has 0 saturated heterocycles. The fourth-order valence-electron chi connectivity index (χ4n) is 1.78. The van der Waals surface area contributed by atoms with Crippen LogP contribution in [0, 0.1) is 12.7 Å². The molecule has 0 aliphatic rings. The number of methoxy groups -OCH3 is 1. The second-order valence-corrected chi connectivity index (χ2v) is 4.07. The summed E-state index contributed by atoms with van der Waals surface area (Å²) in [5, 5.41) is 0. The average molecular weight is 244 g/mol. The van der Waals surface area contributed by atoms with Crippen LogP contribution in [0.25, 0.3) is 0 Å². The van der Waals surface area contributed by atoms with E-state index in [-0.39, 0.29) is 5.78 Å². The zero-order valence-corrected chi connectivity index (χ0v) is 10.2. The molecule has 0 atom stereocenters. The third-order valence-electron chi connectivity index (χ3n) is 2.66. The first-order valence-corrected chi connectivity index (χ1v) is 5.56. The highest BCUT2D eigenvalue weighted by Crippen LogP contribution is 2.16. The smallest absolute Gasteiger partial charge is 0.193 e. The number of halogens is 1. The normalized spacial score (nSPS) is 10.2. The van der Waals surface area contributed by atoms with E-state index < -0.39 is 5.82 Å². The molecule has 3 heteroatoms. The van der Waals surface area contributed by atoms with Gasteiger partial charge in [0.15, 0.2) is 5.78 Å². The highest BCUT2D eigenvalue weighted by molar-refractivity contribution is 6.09. The lowest BCUT2D eigenvalue weighted by molar-refractivity contribution is 0.103. The van der Waals surface area contributed by atoms with E-state index in [1.807, 2.05) is 0 Å². The fourth-order valence-corrected chi connectivity index (χ4v) is 1.78. The summed E-state index contributed by atoms with van der Waals surface area (Å²) >= 11 is 0. The molecule has 0 heterocycles. The Morgan fingerprint density at radius 3 is 2.28 bits per heavy atom. The summed E-state index contributed by atoms with van der Waals surface area (Å²) in [6, 6.07) is 11.1. The molecule has 0 fully saturated rings. The average Bonchev–Trinajstić information content (AvgIpc) is 2.37. The van der Waals surface area contributed by atoms with Gasteiger partial charge in [-0.05, 0) is 55.0 Å². The lowest BCUT2D eigenvalue weighted by Crippen LogP contribution is -2.02. The number of carbonyl (C=O) groups excluding carboxylic acids is 1. The standard InChI is InChI=1S/C15H13FO2/c1-10-7-12(9-13(16)8-10)15(17)11-3-5-14(18-2)6-4-11/h3-9H,1-2H3. The lowest BCUT2D eigenvalue weighted by Gasteiger charge is -2.04. The van der Waals surface area contributed by atoms with Gasteiger partial charge in [-0.15, -0.1) is 0 Å². The number of rotatable bonds is 3. The summed E-state index contributed by atoms with van der Waals surface area (Å²) in [5.41, 5.74) is 1.60. The molecule has 0 aromatic heterocycles. The monoisotopic (exact) mass is 244 g/mol. The minimum Gasteiger partial charge on any atom is -0.497 e. The summed E-state index contributed by atoms with van der Waals surface area (Å²) in [5.74, 6) is 0.0917. The van der Waals surface area contributed by atoms with Crippen LogP contribution in [-0.4, -0.2) is 12.9 Å². The Bertz CT molecular complexity index is 553. The molecule has 0 saturated carbocycles. The Morgan fingerprint density at radius 2 is 1.72 bits per heavy atom. The van der Waals surface area contributed by atoms with Gasteiger partial charge in [-0.2, -0.15) is 0 Å². The van der Waals surface area contributed by atoms with Gasteiger partial charge in [0.2, 0.25) is 0 Å². The van der Waals surface area contributed by atoms with E-state index in [2.05, 4.69) is 0 Å². The molecule has 2 rings (SSSR count). The maximum absolute atomic E-state index is 13.3. The summed E-state index contributed by atoms with van der Waals surface area (Å²) in [6.45, 7) is 1.76. The first-order chi connectivity index (χ1) is 8.60. The van der Waals surface area contributed by atoms with Gasteiger partial charge in [-0.1, -0.05) is 0 Å². The molecule has 0 aliphatic heterocycles. The minimum atomic E-state index is -0.396. The first kappa shape index (κ1) is 12.3. The molecule has 0 bridgehead atoms. The van der Waals surface area contributed by atoms with Crippen LogP contribution in [0.15, 0.2) is 42.5 Å². The number of hydrogen-bond donors (Lipinski definition) is 0. The van der Waals surface area contributed by atoms with Crippen molar-refractivity contribution in [2.24, 2.45) is 0 Å². The topological polar surface area (TPSA) is 26.3 Å². The maximum atomic E-state index is 13.3. The van der Waals surface area contributed by atoms with Crippen molar-refractivity contribution >= 4 is 5.78 Å². The zero-order chi connectivity index (χ0) is 13.1. The molecule has 2 nitrogen and oxygen atoms in total. The van der Waals surface area contributed by atoms with E-state index in [1.165, 1.54) is 12.1 Å². The van der Waals surface area contributed by atoms with Crippen molar-refractivity contribution in [3.63, 3.8) is 0 Å². The molecule has 0 radical (unpaired) electrons. The Kier molecular flexibility index (Phi) is 3.42. The largest absolute Gasteiger partial charge is 0.497 e. The van der Waals surface area contributed by atoms with Crippen LogP contribution >= 0.6 is 0 Å². The summed E-state index contributed by atoms with van der Waals surface area (Å²) in [7, 11) is 1.56. The number of aryl methyl sites for hydroxylation is 1. The fraction of sp³-hybridized carbons (Fsp3) is 0.133. The van der Waals surface area contributed by atoms with Gasteiger partial charge in [-0.3, -0.25) is 4.79 Å². The minimum absolute atomic E-state index is 0.194. The molecule has 0 spiro atoms. The molecular formula is C15H13FO2. The molecule has 0 aliphatic carbocycles. The van der Waals surface area contributed by atoms with Crippen molar-refractivity contribution in [3.05, 3.63) is 65.0 Å². The molecule has 0 unspecified atom stereocenters. The van der Waals surface area contributed by atoms with E-state index in [0.29, 0.717) is 16.9 Å². The third kappa shape index (κ3) is 2.56. The molecular weight excluding hydrogens is 231 g/mol. The van der Waals surface area contributed by atoms with Crippen LogP contribution in [0.2, 0.25) is 0 Å². The molecule has 18 heavy (non-hydrogen) atoms. The van der Waals surface area contributed by atoms with E-state index in [1.54, 1.807) is 44.4 Å². The number of ketones is 1. The molecule has 92 valence electrons. The summed E-state index contributed by atoms with van der Waals surface area (Å²) in [4.78, 5) is 12.1. The van der Waals surface area contributed by atoms with Gasteiger partial charge in [-0.25, -0.2) is 4.39 Å². The van der Waals surface area contributed by atoms with E-state index in [0.717, 1.165) is 5.56 Å². The van der Waals surface area contributed by atoms with Crippen LogP contribution in [0.4, 0.5) is 4.39 Å². The lowest BCUT2D eigenvalue weighted by atomic mass is 10.0. The van der Waals surface area contributed by atoms with Crippen molar-refractivity contribution in [1.29, 1.82) is 0 Å². The predicted molar refractivity (Wildman–Crippen MR) is 67.6 cm³/mol. The van der Waals surface area contributed by atoms with Crippen LogP contribution in [-0.2, 0) is 0 Å². The Labute approximate surface area is 105 Å². The van der Waals surface area contributed by atoms with Gasteiger partial charge in [0.25, 0.3) is 0 Å². The molecule has 0 amide bonds. The van der Waals surface area contributed by atoms with Crippen molar-refractivity contribution < 1.29 is 13.9 Å². The number of hydrogen-bond acceptors (Lipinski definition) is 2. The van der Waals surface area contributed by atoms with E-state index >= 15 is 0 Å². The van der Waals surface area contributed by atoms with Crippen molar-refractivity contribution in [2.45, 2.75) is 6.92 Å². The van der Waals surface area contributed by atoms with E-state index in [4.69, 9.17) is 4.74 Å². The van der Waals surface area contributed by atoms with E-state index in [9.17, 15) is 9.18 Å². The second-order valence-electron chi connectivity index (χ2n) is 4.07. The van der Waals surface area contributed by atoms with Crippen LogP contribution < -0.4 is 4.74 Å². The van der Waals surface area contributed by atoms with Gasteiger partial charge in [0.05, 0.1) is 7.11 Å². The number of carbonyl (C=O) groups is 1.